The van der Waals surface area contributed by atoms with E-state index in [4.69, 9.17) is 10.5 Å². The fourth-order valence-electron chi connectivity index (χ4n) is 4.83. The Bertz CT molecular complexity index is 630. The van der Waals surface area contributed by atoms with E-state index in [0.717, 1.165) is 51.0 Å². The van der Waals surface area contributed by atoms with E-state index in [2.05, 4.69) is 23.1 Å². The smallest absolute Gasteiger partial charge is 0.223 e. The second kappa shape index (κ2) is 8.62. The lowest BCUT2D eigenvalue weighted by molar-refractivity contribution is -0.135. The minimum Gasteiger partial charge on any atom is -0.493 e. The van der Waals surface area contributed by atoms with Crippen molar-refractivity contribution < 1.29 is 9.53 Å². The zero-order chi connectivity index (χ0) is 17.2. The number of amides is 1. The molecule has 0 unspecified atom stereocenters. The average Bonchev–Trinajstić information content (AvgIpc) is 3.34. The molecule has 2 aliphatic carbocycles. The lowest BCUT2D eigenvalue weighted by Gasteiger charge is -2.31. The van der Waals surface area contributed by atoms with Gasteiger partial charge in [0.05, 0.1) is 6.61 Å². The summed E-state index contributed by atoms with van der Waals surface area (Å²) in [5, 5.41) is 0. The summed E-state index contributed by atoms with van der Waals surface area (Å²) in [7, 11) is 0. The van der Waals surface area contributed by atoms with Crippen molar-refractivity contribution in [3.63, 3.8) is 0 Å². The highest BCUT2D eigenvalue weighted by molar-refractivity contribution is 5.85. The first-order chi connectivity index (χ1) is 12.2. The molecule has 2 fully saturated rings. The van der Waals surface area contributed by atoms with Gasteiger partial charge in [0.1, 0.15) is 5.75 Å². The van der Waals surface area contributed by atoms with Crippen molar-refractivity contribution in [2.75, 3.05) is 6.61 Å². The summed E-state index contributed by atoms with van der Waals surface area (Å²) in [6.07, 6.45) is 9.77. The van der Waals surface area contributed by atoms with Gasteiger partial charge in [-0.1, -0.05) is 31.4 Å². The molecule has 3 aliphatic rings. The molecule has 2 atom stereocenters. The summed E-state index contributed by atoms with van der Waals surface area (Å²) >= 11 is 0. The molecule has 0 radical (unpaired) electrons. The van der Waals surface area contributed by atoms with Gasteiger partial charge in [0.25, 0.3) is 0 Å². The van der Waals surface area contributed by atoms with Gasteiger partial charge in [-0.3, -0.25) is 4.79 Å². The van der Waals surface area contributed by atoms with Crippen molar-refractivity contribution in [3.05, 3.63) is 29.3 Å². The van der Waals surface area contributed by atoms with Gasteiger partial charge in [-0.2, -0.15) is 0 Å². The van der Waals surface area contributed by atoms with Crippen molar-refractivity contribution in [1.29, 1.82) is 0 Å². The van der Waals surface area contributed by atoms with Crippen molar-refractivity contribution in [2.24, 2.45) is 11.7 Å². The third-order valence-electron chi connectivity index (χ3n) is 6.35. The summed E-state index contributed by atoms with van der Waals surface area (Å²) in [5.41, 5.74) is 8.73. The maximum atomic E-state index is 13.1. The van der Waals surface area contributed by atoms with E-state index in [1.54, 1.807) is 0 Å². The molecule has 0 saturated heterocycles. The Kier molecular flexibility index (Phi) is 6.46. The van der Waals surface area contributed by atoms with Crippen LogP contribution in [0.15, 0.2) is 18.2 Å². The monoisotopic (exact) mass is 378 g/mol. The van der Waals surface area contributed by atoms with E-state index in [1.807, 2.05) is 0 Å². The van der Waals surface area contributed by atoms with Gasteiger partial charge in [0.15, 0.2) is 0 Å². The third-order valence-corrected chi connectivity index (χ3v) is 6.35. The minimum absolute atomic E-state index is 0. The molecule has 1 heterocycles. The summed E-state index contributed by atoms with van der Waals surface area (Å²) < 4.78 is 5.61. The number of fused-ring (bicyclic) bond motifs is 1. The largest absolute Gasteiger partial charge is 0.493 e. The average molecular weight is 379 g/mol. The van der Waals surface area contributed by atoms with E-state index < -0.39 is 0 Å². The molecule has 4 rings (SSSR count). The fourth-order valence-corrected chi connectivity index (χ4v) is 4.83. The first-order valence-corrected chi connectivity index (χ1v) is 10.0. The van der Waals surface area contributed by atoms with Gasteiger partial charge in [-0.15, -0.1) is 12.4 Å². The Labute approximate surface area is 162 Å². The van der Waals surface area contributed by atoms with Gasteiger partial charge < -0.3 is 15.4 Å². The van der Waals surface area contributed by atoms with Gasteiger partial charge >= 0.3 is 0 Å². The van der Waals surface area contributed by atoms with Crippen LogP contribution in [-0.4, -0.2) is 29.5 Å². The predicted molar refractivity (Wildman–Crippen MR) is 106 cm³/mol. The van der Waals surface area contributed by atoms with Gasteiger partial charge in [0.2, 0.25) is 5.91 Å². The maximum absolute atomic E-state index is 13.1. The second-order valence-electron chi connectivity index (χ2n) is 8.06. The number of rotatable bonds is 5. The van der Waals surface area contributed by atoms with Gasteiger partial charge in [-0.25, -0.2) is 0 Å². The molecule has 144 valence electrons. The number of benzene rings is 1. The number of hydrogen-bond acceptors (Lipinski definition) is 3. The van der Waals surface area contributed by atoms with Crippen LogP contribution in [-0.2, 0) is 17.8 Å². The molecular formula is C21H31ClN2O2. The topological polar surface area (TPSA) is 55.6 Å². The maximum Gasteiger partial charge on any atom is 0.223 e. The number of carbonyl (C=O) groups is 1. The molecule has 5 heteroatoms. The van der Waals surface area contributed by atoms with Crippen molar-refractivity contribution in [1.82, 2.24) is 4.90 Å². The van der Waals surface area contributed by atoms with Crippen LogP contribution in [0, 0.1) is 5.92 Å². The van der Waals surface area contributed by atoms with Crippen molar-refractivity contribution >= 4 is 18.3 Å². The number of carbonyl (C=O) groups excluding carboxylic acids is 1. The van der Waals surface area contributed by atoms with Crippen molar-refractivity contribution in [3.8, 4) is 5.75 Å². The number of nitrogens with two attached hydrogens (primary N) is 1. The Balaban J connectivity index is 0.00000196. The normalized spacial score (nSPS) is 24.8. The molecule has 1 aromatic carbocycles. The summed E-state index contributed by atoms with van der Waals surface area (Å²) in [6, 6.07) is 7.06. The van der Waals surface area contributed by atoms with E-state index in [1.165, 1.54) is 30.4 Å². The highest BCUT2D eigenvalue weighted by atomic mass is 35.5. The molecule has 4 nitrogen and oxygen atoms in total. The van der Waals surface area contributed by atoms with E-state index in [-0.39, 0.29) is 18.4 Å². The standard InChI is InChI=1S/C21H30N2O2.ClH/c22-19-7-3-4-16(19)13-21(24)23(18-5-1-2-6-18)14-15-8-9-20-17(12-15)10-11-25-20;/h8-9,12,16,18-19H,1-7,10-11,13-14,22H2;1H/t16-,19+;/m0./s1. The molecule has 0 spiro atoms. The first-order valence-electron chi connectivity index (χ1n) is 10.0. The summed E-state index contributed by atoms with van der Waals surface area (Å²) in [6.45, 7) is 1.52. The number of nitrogens with zero attached hydrogens (tertiary/aromatic N) is 1. The molecule has 1 aliphatic heterocycles. The van der Waals surface area contributed by atoms with Crippen LogP contribution in [0.5, 0.6) is 5.75 Å². The zero-order valence-electron chi connectivity index (χ0n) is 15.5. The molecule has 26 heavy (non-hydrogen) atoms. The van der Waals surface area contributed by atoms with E-state index in [9.17, 15) is 4.79 Å². The van der Waals surface area contributed by atoms with Crippen LogP contribution in [0.4, 0.5) is 0 Å². The molecule has 1 amide bonds. The van der Waals surface area contributed by atoms with E-state index in [0.29, 0.717) is 24.3 Å². The molecule has 2 saturated carbocycles. The first kappa shape index (κ1) is 19.5. The van der Waals surface area contributed by atoms with Gasteiger partial charge in [0, 0.05) is 31.5 Å². The highest BCUT2D eigenvalue weighted by Gasteiger charge is 2.32. The van der Waals surface area contributed by atoms with E-state index >= 15 is 0 Å². The molecule has 2 N–H and O–H groups in total. The van der Waals surface area contributed by atoms with Crippen LogP contribution in [0.3, 0.4) is 0 Å². The van der Waals surface area contributed by atoms with Crippen LogP contribution in [0.25, 0.3) is 0 Å². The number of ether oxygens (including phenoxy) is 1. The van der Waals surface area contributed by atoms with Crippen LogP contribution < -0.4 is 10.5 Å². The molecule has 0 bridgehead atoms. The van der Waals surface area contributed by atoms with Crippen LogP contribution in [0.1, 0.15) is 62.5 Å². The minimum atomic E-state index is 0. The quantitative estimate of drug-likeness (QED) is 0.847. The van der Waals surface area contributed by atoms with Crippen molar-refractivity contribution in [2.45, 2.75) is 76.4 Å². The van der Waals surface area contributed by atoms with Gasteiger partial charge in [-0.05, 0) is 48.8 Å². The highest BCUT2D eigenvalue weighted by Crippen LogP contribution is 2.32. The molecule has 1 aromatic rings. The third kappa shape index (κ3) is 4.17. The number of halogens is 1. The SMILES string of the molecule is Cl.N[C@@H]1CCC[C@H]1CC(=O)N(Cc1ccc2c(c1)CCO2)C1CCCC1. The second-order valence-corrected chi connectivity index (χ2v) is 8.06. The molecule has 0 aromatic heterocycles. The molecular weight excluding hydrogens is 348 g/mol. The lowest BCUT2D eigenvalue weighted by atomic mass is 9.98. The Hall–Kier alpha value is -1.26. The Morgan fingerprint density at radius 3 is 2.69 bits per heavy atom. The van der Waals surface area contributed by atoms with Crippen LogP contribution >= 0.6 is 12.4 Å². The zero-order valence-corrected chi connectivity index (χ0v) is 16.3. The lowest BCUT2D eigenvalue weighted by Crippen LogP contribution is -2.40. The Morgan fingerprint density at radius 1 is 1.15 bits per heavy atom. The summed E-state index contributed by atoms with van der Waals surface area (Å²) in [5.74, 6) is 1.70. The predicted octanol–water partition coefficient (Wildman–Crippen LogP) is 3.83. The Morgan fingerprint density at radius 2 is 1.96 bits per heavy atom. The number of hydrogen-bond donors (Lipinski definition) is 1. The summed E-state index contributed by atoms with van der Waals surface area (Å²) in [4.78, 5) is 15.3. The fraction of sp³-hybridized carbons (Fsp3) is 0.667. The van der Waals surface area contributed by atoms with Crippen LogP contribution in [0.2, 0.25) is 0 Å².